The van der Waals surface area contributed by atoms with E-state index in [1.165, 1.54) is 17.7 Å². The number of benzene rings is 1. The van der Waals surface area contributed by atoms with Crippen LogP contribution in [-0.4, -0.2) is 23.7 Å². The predicted molar refractivity (Wildman–Crippen MR) is 87.7 cm³/mol. The van der Waals surface area contributed by atoms with Crippen LogP contribution in [-0.2, 0) is 0 Å². The van der Waals surface area contributed by atoms with Crippen molar-refractivity contribution in [1.29, 1.82) is 0 Å². The molecule has 0 heterocycles. The summed E-state index contributed by atoms with van der Waals surface area (Å²) in [6, 6.07) is 7.93. The molecule has 0 bridgehead atoms. The summed E-state index contributed by atoms with van der Waals surface area (Å²) in [6.45, 7) is 4.84. The van der Waals surface area contributed by atoms with Crippen molar-refractivity contribution >= 4 is 30.1 Å². The normalized spacial score (nSPS) is 15.6. The van der Waals surface area contributed by atoms with E-state index in [0.717, 1.165) is 0 Å². The van der Waals surface area contributed by atoms with E-state index in [0.29, 0.717) is 23.3 Å². The molecule has 20 heavy (non-hydrogen) atoms. The summed E-state index contributed by atoms with van der Waals surface area (Å²) in [4.78, 5) is 13.3. The molecule has 2 rings (SSSR count). The molecular weight excluding hydrogens is 292 g/mol. The Morgan fingerprint density at radius 2 is 1.95 bits per heavy atom. The highest BCUT2D eigenvalue weighted by Crippen LogP contribution is 2.32. The Morgan fingerprint density at radius 1 is 1.35 bits per heavy atom. The molecule has 1 fully saturated rings. The average Bonchev–Trinajstić information content (AvgIpc) is 3.20. The maximum atomic E-state index is 12.1. The van der Waals surface area contributed by atoms with Crippen LogP contribution in [0.1, 0.15) is 37.0 Å². The molecule has 5 heteroatoms. The molecule has 1 aromatic carbocycles. The molecule has 1 aromatic rings. The SMILES string of the molecule is CC(C)Sc1ccc(C(=O)NC(CN)C2CC2)cc1.Cl. The quantitative estimate of drug-likeness (QED) is 0.793. The van der Waals surface area contributed by atoms with E-state index >= 15 is 0 Å². The molecule has 0 aromatic heterocycles. The summed E-state index contributed by atoms with van der Waals surface area (Å²) in [5, 5.41) is 3.59. The number of carbonyl (C=O) groups is 1. The zero-order valence-electron chi connectivity index (χ0n) is 12.0. The maximum Gasteiger partial charge on any atom is 0.251 e. The Bertz CT molecular complexity index is 432. The Labute approximate surface area is 131 Å². The molecule has 1 aliphatic carbocycles. The zero-order valence-corrected chi connectivity index (χ0v) is 13.6. The second-order valence-electron chi connectivity index (χ2n) is 5.34. The summed E-state index contributed by atoms with van der Waals surface area (Å²) in [6.07, 6.45) is 2.37. The van der Waals surface area contributed by atoms with Crippen molar-refractivity contribution in [2.45, 2.75) is 42.9 Å². The van der Waals surface area contributed by atoms with Gasteiger partial charge in [-0.3, -0.25) is 4.79 Å². The molecule has 3 nitrogen and oxygen atoms in total. The minimum atomic E-state index is -0.0107. The summed E-state index contributed by atoms with van der Waals surface area (Å²) in [5.41, 5.74) is 6.42. The molecule has 1 aliphatic rings. The van der Waals surface area contributed by atoms with Crippen LogP contribution in [0.2, 0.25) is 0 Å². The molecule has 1 unspecified atom stereocenters. The minimum Gasteiger partial charge on any atom is -0.348 e. The third-order valence-corrected chi connectivity index (χ3v) is 4.27. The molecule has 0 radical (unpaired) electrons. The van der Waals surface area contributed by atoms with Gasteiger partial charge in [0.15, 0.2) is 0 Å². The van der Waals surface area contributed by atoms with Crippen molar-refractivity contribution in [1.82, 2.24) is 5.32 Å². The van der Waals surface area contributed by atoms with Crippen LogP contribution in [0.3, 0.4) is 0 Å². The van der Waals surface area contributed by atoms with Crippen molar-refractivity contribution in [3.8, 4) is 0 Å². The molecule has 1 amide bonds. The molecule has 1 saturated carbocycles. The highest BCUT2D eigenvalue weighted by atomic mass is 35.5. The van der Waals surface area contributed by atoms with Gasteiger partial charge in [-0.2, -0.15) is 0 Å². The van der Waals surface area contributed by atoms with Gasteiger partial charge in [0.05, 0.1) is 0 Å². The van der Waals surface area contributed by atoms with E-state index in [1.807, 2.05) is 24.3 Å². The zero-order chi connectivity index (χ0) is 13.8. The molecular formula is C15H23ClN2OS. The van der Waals surface area contributed by atoms with E-state index in [4.69, 9.17) is 5.73 Å². The van der Waals surface area contributed by atoms with Gasteiger partial charge < -0.3 is 11.1 Å². The largest absolute Gasteiger partial charge is 0.348 e. The standard InChI is InChI=1S/C15H22N2OS.ClH/c1-10(2)19-13-7-5-12(6-8-13)15(18)17-14(9-16)11-3-4-11;/h5-8,10-11,14H,3-4,9,16H2,1-2H3,(H,17,18);1H. The van der Waals surface area contributed by atoms with Gasteiger partial charge in [-0.15, -0.1) is 24.2 Å². The van der Waals surface area contributed by atoms with Crippen LogP contribution >= 0.6 is 24.2 Å². The second-order valence-corrected chi connectivity index (χ2v) is 6.99. The van der Waals surface area contributed by atoms with Gasteiger partial charge in [-0.05, 0) is 43.0 Å². The lowest BCUT2D eigenvalue weighted by atomic mass is 10.1. The number of halogens is 1. The van der Waals surface area contributed by atoms with Crippen molar-refractivity contribution < 1.29 is 4.79 Å². The van der Waals surface area contributed by atoms with Crippen LogP contribution in [0.15, 0.2) is 29.2 Å². The molecule has 0 aliphatic heterocycles. The lowest BCUT2D eigenvalue weighted by Crippen LogP contribution is -2.41. The fourth-order valence-corrected chi connectivity index (χ4v) is 2.91. The third-order valence-electron chi connectivity index (χ3n) is 3.25. The topological polar surface area (TPSA) is 55.1 Å². The average molecular weight is 315 g/mol. The number of amides is 1. The van der Waals surface area contributed by atoms with Gasteiger partial charge in [0.25, 0.3) is 5.91 Å². The van der Waals surface area contributed by atoms with E-state index in [9.17, 15) is 4.79 Å². The first-order valence-electron chi connectivity index (χ1n) is 6.88. The number of nitrogens with two attached hydrogens (primary N) is 1. The van der Waals surface area contributed by atoms with Crippen LogP contribution in [0.4, 0.5) is 0 Å². The van der Waals surface area contributed by atoms with Crippen LogP contribution < -0.4 is 11.1 Å². The summed E-state index contributed by atoms with van der Waals surface area (Å²) in [7, 11) is 0. The second kappa shape index (κ2) is 7.91. The van der Waals surface area contributed by atoms with Gasteiger partial charge in [-0.25, -0.2) is 0 Å². The van der Waals surface area contributed by atoms with Gasteiger partial charge >= 0.3 is 0 Å². The maximum absolute atomic E-state index is 12.1. The number of rotatable bonds is 6. The Balaban J connectivity index is 0.00000200. The number of hydrogen-bond acceptors (Lipinski definition) is 3. The molecule has 3 N–H and O–H groups in total. The fourth-order valence-electron chi connectivity index (χ4n) is 2.08. The van der Waals surface area contributed by atoms with Gasteiger partial charge in [0.2, 0.25) is 0 Å². The first-order chi connectivity index (χ1) is 9.10. The van der Waals surface area contributed by atoms with E-state index in [2.05, 4.69) is 19.2 Å². The van der Waals surface area contributed by atoms with Gasteiger partial charge in [0.1, 0.15) is 0 Å². The van der Waals surface area contributed by atoms with Crippen LogP contribution in [0, 0.1) is 5.92 Å². The summed E-state index contributed by atoms with van der Waals surface area (Å²) in [5.74, 6) is 0.577. The Hall–Kier alpha value is -0.710. The van der Waals surface area contributed by atoms with Crippen molar-refractivity contribution in [2.75, 3.05) is 6.54 Å². The highest BCUT2D eigenvalue weighted by Gasteiger charge is 2.31. The van der Waals surface area contributed by atoms with E-state index in [1.54, 1.807) is 11.8 Å². The van der Waals surface area contributed by atoms with Gasteiger partial charge in [0, 0.05) is 28.3 Å². The summed E-state index contributed by atoms with van der Waals surface area (Å²) >= 11 is 1.80. The van der Waals surface area contributed by atoms with E-state index in [-0.39, 0.29) is 24.4 Å². The number of thioether (sulfide) groups is 1. The van der Waals surface area contributed by atoms with Crippen molar-refractivity contribution in [2.24, 2.45) is 11.7 Å². The van der Waals surface area contributed by atoms with Crippen molar-refractivity contribution in [3.63, 3.8) is 0 Å². The third kappa shape index (κ3) is 5.00. The van der Waals surface area contributed by atoms with Crippen molar-refractivity contribution in [3.05, 3.63) is 29.8 Å². The molecule has 1 atom stereocenters. The molecule has 112 valence electrons. The monoisotopic (exact) mass is 314 g/mol. The highest BCUT2D eigenvalue weighted by molar-refractivity contribution is 7.99. The van der Waals surface area contributed by atoms with Crippen LogP contribution in [0.5, 0.6) is 0 Å². The Kier molecular flexibility index (Phi) is 6.86. The smallest absolute Gasteiger partial charge is 0.251 e. The molecule has 0 saturated heterocycles. The fraction of sp³-hybridized carbons (Fsp3) is 0.533. The Morgan fingerprint density at radius 3 is 2.40 bits per heavy atom. The number of nitrogens with one attached hydrogen (secondary N) is 1. The minimum absolute atomic E-state index is 0. The molecule has 0 spiro atoms. The lowest BCUT2D eigenvalue weighted by Gasteiger charge is -2.16. The first-order valence-corrected chi connectivity index (χ1v) is 7.75. The number of carbonyl (C=O) groups excluding carboxylic acids is 1. The van der Waals surface area contributed by atoms with Gasteiger partial charge in [-0.1, -0.05) is 13.8 Å². The van der Waals surface area contributed by atoms with Crippen LogP contribution in [0.25, 0.3) is 0 Å². The van der Waals surface area contributed by atoms with E-state index < -0.39 is 0 Å². The number of hydrogen-bond donors (Lipinski definition) is 2. The first kappa shape index (κ1) is 17.3. The lowest BCUT2D eigenvalue weighted by molar-refractivity contribution is 0.0933. The summed E-state index contributed by atoms with van der Waals surface area (Å²) < 4.78 is 0. The predicted octanol–water partition coefficient (Wildman–Crippen LogP) is 3.08.